The molecule has 1 aliphatic heterocycles. The second kappa shape index (κ2) is 6.14. The zero-order valence-electron chi connectivity index (χ0n) is 11.9. The van der Waals surface area contributed by atoms with E-state index in [0.717, 1.165) is 6.07 Å². The number of hydrogen-bond donors (Lipinski definition) is 1. The molecule has 0 saturated carbocycles. The van der Waals surface area contributed by atoms with Gasteiger partial charge in [0.2, 0.25) is 5.92 Å². The maximum atomic E-state index is 13.4. The summed E-state index contributed by atoms with van der Waals surface area (Å²) in [4.78, 5) is 12.8. The zero-order chi connectivity index (χ0) is 17.4. The van der Waals surface area contributed by atoms with Gasteiger partial charge in [-0.3, -0.25) is 4.79 Å². The van der Waals surface area contributed by atoms with E-state index in [1.54, 1.807) is 0 Å². The van der Waals surface area contributed by atoms with Gasteiger partial charge in [0.25, 0.3) is 5.91 Å². The molecule has 0 unspecified atom stereocenters. The van der Waals surface area contributed by atoms with E-state index in [-0.39, 0.29) is 37.2 Å². The van der Waals surface area contributed by atoms with Crippen LogP contribution in [0.5, 0.6) is 0 Å². The fraction of sp³-hybridized carbons (Fsp3) is 0.500. The van der Waals surface area contributed by atoms with E-state index in [2.05, 4.69) is 0 Å². The average molecular weight is 357 g/mol. The van der Waals surface area contributed by atoms with Gasteiger partial charge in [-0.25, -0.2) is 8.78 Å². The van der Waals surface area contributed by atoms with E-state index in [1.165, 1.54) is 4.90 Å². The lowest BCUT2D eigenvalue weighted by Crippen LogP contribution is -2.29. The summed E-state index contributed by atoms with van der Waals surface area (Å²) in [5.74, 6) is -3.84. The predicted molar refractivity (Wildman–Crippen MR) is 76.0 cm³/mol. The Kier molecular flexibility index (Phi) is 4.75. The molecule has 0 bridgehead atoms. The van der Waals surface area contributed by atoms with Crippen LogP contribution in [0.25, 0.3) is 0 Å². The molecule has 128 valence electrons. The van der Waals surface area contributed by atoms with Crippen molar-refractivity contribution in [2.45, 2.75) is 31.4 Å². The normalized spacial score (nSPS) is 18.6. The van der Waals surface area contributed by atoms with E-state index in [1.807, 2.05) is 0 Å². The lowest BCUT2D eigenvalue weighted by atomic mass is 10.1. The zero-order valence-corrected chi connectivity index (χ0v) is 12.6. The van der Waals surface area contributed by atoms with Crippen LogP contribution < -0.4 is 10.6 Å². The van der Waals surface area contributed by atoms with Crippen LogP contribution in [0.1, 0.15) is 35.2 Å². The minimum absolute atomic E-state index is 0.0924. The van der Waals surface area contributed by atoms with Gasteiger partial charge in [-0.1, -0.05) is 11.6 Å². The van der Waals surface area contributed by atoms with Crippen LogP contribution >= 0.6 is 11.6 Å². The highest BCUT2D eigenvalue weighted by molar-refractivity contribution is 6.32. The lowest BCUT2D eigenvalue weighted by molar-refractivity contribution is -0.137. The van der Waals surface area contributed by atoms with Crippen LogP contribution in [0.15, 0.2) is 12.1 Å². The van der Waals surface area contributed by atoms with Gasteiger partial charge in [0, 0.05) is 25.9 Å². The number of hydrogen-bond acceptors (Lipinski definition) is 2. The molecule has 0 radical (unpaired) electrons. The smallest absolute Gasteiger partial charge is 0.371 e. The molecule has 0 aliphatic carbocycles. The number of nitrogens with zero attached hydrogens (tertiary/aromatic N) is 1. The molecule has 23 heavy (non-hydrogen) atoms. The molecule has 1 heterocycles. The van der Waals surface area contributed by atoms with Crippen molar-refractivity contribution in [3.8, 4) is 0 Å². The number of rotatable bonds is 2. The first-order valence-electron chi connectivity index (χ1n) is 6.84. The highest BCUT2D eigenvalue weighted by Crippen LogP contribution is 2.40. The maximum Gasteiger partial charge on any atom is 0.417 e. The molecule has 1 saturated heterocycles. The van der Waals surface area contributed by atoms with Gasteiger partial charge >= 0.3 is 6.18 Å². The number of benzene rings is 1. The summed E-state index contributed by atoms with van der Waals surface area (Å²) in [6.45, 7) is -0.0684. The number of carbonyl (C=O) groups is 1. The fourth-order valence-electron chi connectivity index (χ4n) is 2.54. The number of halogens is 6. The second-order valence-corrected chi connectivity index (χ2v) is 5.81. The SMILES string of the molecule is NC(=O)c1cc(Cl)c(C(F)(F)F)cc1N1CCCC(F)(F)CC1. The Hall–Kier alpha value is -1.57. The van der Waals surface area contributed by atoms with Gasteiger partial charge in [0.1, 0.15) is 0 Å². The molecule has 2 rings (SSSR count). The molecule has 1 aromatic carbocycles. The third kappa shape index (κ3) is 4.04. The number of primary amides is 1. The molecule has 1 aromatic rings. The van der Waals surface area contributed by atoms with Crippen LogP contribution in [0, 0.1) is 0 Å². The Morgan fingerprint density at radius 3 is 2.43 bits per heavy atom. The van der Waals surface area contributed by atoms with Gasteiger partial charge < -0.3 is 10.6 Å². The van der Waals surface area contributed by atoms with Crippen molar-refractivity contribution in [3.05, 3.63) is 28.3 Å². The van der Waals surface area contributed by atoms with Crippen LogP contribution in [0.3, 0.4) is 0 Å². The van der Waals surface area contributed by atoms with Gasteiger partial charge in [-0.05, 0) is 18.6 Å². The summed E-state index contributed by atoms with van der Waals surface area (Å²) in [5, 5.41) is -0.657. The number of amides is 1. The molecule has 0 atom stereocenters. The molecular formula is C14H14ClF5N2O. The number of nitrogens with two attached hydrogens (primary N) is 1. The van der Waals surface area contributed by atoms with Gasteiger partial charge in [0.15, 0.2) is 0 Å². The monoisotopic (exact) mass is 356 g/mol. The van der Waals surface area contributed by atoms with Crippen LogP contribution in [0.4, 0.5) is 27.6 Å². The molecule has 1 aliphatic rings. The van der Waals surface area contributed by atoms with Gasteiger partial charge in [-0.15, -0.1) is 0 Å². The van der Waals surface area contributed by atoms with Crippen molar-refractivity contribution in [2.24, 2.45) is 5.73 Å². The van der Waals surface area contributed by atoms with E-state index in [0.29, 0.717) is 6.07 Å². The Bertz CT molecular complexity index is 618. The van der Waals surface area contributed by atoms with E-state index in [4.69, 9.17) is 17.3 Å². The van der Waals surface area contributed by atoms with Gasteiger partial charge in [-0.2, -0.15) is 13.2 Å². The highest BCUT2D eigenvalue weighted by Gasteiger charge is 2.37. The summed E-state index contributed by atoms with van der Waals surface area (Å²) in [6, 6.07) is 1.54. The average Bonchev–Trinajstić information content (AvgIpc) is 2.58. The Balaban J connectivity index is 2.49. The highest BCUT2D eigenvalue weighted by atomic mass is 35.5. The molecule has 1 fully saturated rings. The number of carbonyl (C=O) groups excluding carboxylic acids is 1. The molecule has 0 aromatic heterocycles. The number of alkyl halides is 5. The predicted octanol–water partition coefficient (Wildman–Crippen LogP) is 4.08. The first kappa shape index (κ1) is 17.8. The minimum Gasteiger partial charge on any atom is -0.371 e. The first-order valence-corrected chi connectivity index (χ1v) is 7.22. The Morgan fingerprint density at radius 2 is 1.87 bits per heavy atom. The molecule has 0 spiro atoms. The van der Waals surface area contributed by atoms with Gasteiger partial charge in [0.05, 0.1) is 21.8 Å². The van der Waals surface area contributed by atoms with Crippen molar-refractivity contribution in [2.75, 3.05) is 18.0 Å². The quantitative estimate of drug-likeness (QED) is 0.811. The minimum atomic E-state index is -4.72. The third-order valence-electron chi connectivity index (χ3n) is 3.71. The lowest BCUT2D eigenvalue weighted by Gasteiger charge is -2.26. The maximum absolute atomic E-state index is 13.4. The molecule has 2 N–H and O–H groups in total. The van der Waals surface area contributed by atoms with Crippen LogP contribution in [-0.2, 0) is 6.18 Å². The van der Waals surface area contributed by atoms with Crippen LogP contribution in [0.2, 0.25) is 5.02 Å². The topological polar surface area (TPSA) is 46.3 Å². The van der Waals surface area contributed by atoms with Crippen molar-refractivity contribution in [1.82, 2.24) is 0 Å². The van der Waals surface area contributed by atoms with E-state index >= 15 is 0 Å². The van der Waals surface area contributed by atoms with Crippen molar-refractivity contribution in [1.29, 1.82) is 0 Å². The molecular weight excluding hydrogens is 343 g/mol. The molecule has 1 amide bonds. The van der Waals surface area contributed by atoms with Crippen molar-refractivity contribution in [3.63, 3.8) is 0 Å². The van der Waals surface area contributed by atoms with Crippen LogP contribution in [-0.4, -0.2) is 24.9 Å². The summed E-state index contributed by atoms with van der Waals surface area (Å²) < 4.78 is 65.8. The standard InChI is InChI=1S/C14H14ClF5N2O/c15-10-6-8(12(21)23)11(7-9(10)14(18,19)20)22-4-1-2-13(16,17)3-5-22/h6-7H,1-5H2,(H2,21,23). The summed E-state index contributed by atoms with van der Waals surface area (Å²) in [5.41, 5.74) is 3.73. The molecule has 3 nitrogen and oxygen atoms in total. The largest absolute Gasteiger partial charge is 0.417 e. The first-order chi connectivity index (χ1) is 10.5. The Labute approximate surface area is 134 Å². The van der Waals surface area contributed by atoms with E-state index in [9.17, 15) is 26.7 Å². The number of anilines is 1. The summed E-state index contributed by atoms with van der Waals surface area (Å²) in [6.07, 6.45) is -5.49. The summed E-state index contributed by atoms with van der Waals surface area (Å²) in [7, 11) is 0. The fourth-order valence-corrected chi connectivity index (χ4v) is 2.81. The van der Waals surface area contributed by atoms with Crippen molar-refractivity contribution < 1.29 is 26.7 Å². The van der Waals surface area contributed by atoms with Crippen molar-refractivity contribution >= 4 is 23.2 Å². The van der Waals surface area contributed by atoms with E-state index < -0.39 is 35.0 Å². The molecule has 9 heteroatoms. The summed E-state index contributed by atoms with van der Waals surface area (Å²) >= 11 is 5.58. The third-order valence-corrected chi connectivity index (χ3v) is 4.03. The second-order valence-electron chi connectivity index (χ2n) is 5.41. The Morgan fingerprint density at radius 1 is 1.22 bits per heavy atom.